The molecule has 0 saturated carbocycles. The van der Waals surface area contributed by atoms with Crippen LogP contribution in [0, 0.1) is 5.82 Å². The highest BCUT2D eigenvalue weighted by molar-refractivity contribution is 5.30. The maximum atomic E-state index is 14.3. The van der Waals surface area contributed by atoms with Crippen LogP contribution in [0.25, 0.3) is 0 Å². The Bertz CT molecular complexity index is 548. The first-order valence-electron chi connectivity index (χ1n) is 7.47. The van der Waals surface area contributed by atoms with Gasteiger partial charge in [0.2, 0.25) is 0 Å². The summed E-state index contributed by atoms with van der Waals surface area (Å²) in [7, 11) is 0. The van der Waals surface area contributed by atoms with E-state index in [0.29, 0.717) is 32.2 Å². The molecule has 1 fully saturated rings. The van der Waals surface area contributed by atoms with Crippen molar-refractivity contribution in [3.8, 4) is 0 Å². The van der Waals surface area contributed by atoms with E-state index in [1.54, 1.807) is 4.90 Å². The first-order chi connectivity index (χ1) is 11.1. The number of hydrogen-bond donors (Lipinski definition) is 1. The van der Waals surface area contributed by atoms with Crippen LogP contribution in [0.1, 0.15) is 30.0 Å². The summed E-state index contributed by atoms with van der Waals surface area (Å²) in [6, 6.07) is 1.71. The smallest absolute Gasteiger partial charge is 0.314 e. The van der Waals surface area contributed by atoms with Crippen molar-refractivity contribution < 1.29 is 30.7 Å². The minimum atomic E-state index is -4.89. The maximum absolute atomic E-state index is 14.3. The molecule has 0 amide bonds. The minimum absolute atomic E-state index is 0.337. The third-order valence-corrected chi connectivity index (χ3v) is 3.99. The zero-order chi connectivity index (χ0) is 18.0. The average molecular weight is 358 g/mol. The Kier molecular flexibility index (Phi) is 5.74. The van der Waals surface area contributed by atoms with E-state index in [1.165, 1.54) is 0 Å². The molecule has 0 bridgehead atoms. The van der Waals surface area contributed by atoms with Crippen LogP contribution in [0.5, 0.6) is 0 Å². The van der Waals surface area contributed by atoms with Crippen molar-refractivity contribution in [3.05, 3.63) is 35.1 Å². The Hall–Kier alpha value is -1.35. The lowest BCUT2D eigenvalue weighted by atomic mass is 9.96. The van der Waals surface area contributed by atoms with E-state index in [4.69, 9.17) is 0 Å². The van der Waals surface area contributed by atoms with E-state index < -0.39 is 42.6 Å². The number of nitrogens with one attached hydrogen (secondary N) is 1. The molecule has 0 radical (unpaired) electrons. The van der Waals surface area contributed by atoms with Crippen LogP contribution in [-0.2, 0) is 6.18 Å². The van der Waals surface area contributed by atoms with Crippen molar-refractivity contribution >= 4 is 0 Å². The van der Waals surface area contributed by atoms with Crippen LogP contribution >= 0.6 is 0 Å². The highest BCUT2D eigenvalue weighted by Crippen LogP contribution is 2.38. The van der Waals surface area contributed by atoms with Gasteiger partial charge in [-0.05, 0) is 12.5 Å². The molecule has 1 heterocycles. The van der Waals surface area contributed by atoms with E-state index in [9.17, 15) is 30.7 Å². The molecule has 1 aliphatic heterocycles. The minimum Gasteiger partial charge on any atom is -0.314 e. The molecule has 0 unspecified atom stereocenters. The van der Waals surface area contributed by atoms with Crippen LogP contribution in [0.15, 0.2) is 18.2 Å². The average Bonchev–Trinajstić information content (AvgIpc) is 2.48. The van der Waals surface area contributed by atoms with Gasteiger partial charge in [-0.3, -0.25) is 4.90 Å². The molecule has 1 aromatic rings. The van der Waals surface area contributed by atoms with Crippen molar-refractivity contribution in [2.45, 2.75) is 31.2 Å². The summed E-state index contributed by atoms with van der Waals surface area (Å²) in [5, 5.41) is 3.01. The first-order valence-corrected chi connectivity index (χ1v) is 7.47. The van der Waals surface area contributed by atoms with Gasteiger partial charge in [-0.25, -0.2) is 4.39 Å². The largest absolute Gasteiger partial charge is 0.419 e. The third-order valence-electron chi connectivity index (χ3n) is 3.99. The van der Waals surface area contributed by atoms with Crippen LogP contribution in [-0.4, -0.2) is 37.3 Å². The van der Waals surface area contributed by atoms with E-state index in [-0.39, 0.29) is 5.56 Å². The molecule has 2 rings (SSSR count). The number of nitrogens with zero attached hydrogens (tertiary/aromatic N) is 1. The fraction of sp³-hybridized carbons (Fsp3) is 0.600. The van der Waals surface area contributed by atoms with E-state index >= 15 is 0 Å². The van der Waals surface area contributed by atoms with Crippen LogP contribution < -0.4 is 5.32 Å². The molecule has 2 nitrogen and oxygen atoms in total. The van der Waals surface area contributed by atoms with Crippen LogP contribution in [0.2, 0.25) is 0 Å². The highest BCUT2D eigenvalue weighted by Gasteiger charge is 2.38. The zero-order valence-corrected chi connectivity index (χ0v) is 12.6. The molecular formula is C15H17F7N2. The quantitative estimate of drug-likeness (QED) is 0.814. The fourth-order valence-corrected chi connectivity index (χ4v) is 2.86. The zero-order valence-electron chi connectivity index (χ0n) is 12.6. The Morgan fingerprint density at radius 2 is 1.67 bits per heavy atom. The summed E-state index contributed by atoms with van der Waals surface area (Å²) >= 11 is 0. The summed E-state index contributed by atoms with van der Waals surface area (Å²) in [4.78, 5) is 1.60. The predicted octanol–water partition coefficient (Wildman–Crippen LogP) is 4.13. The summed E-state index contributed by atoms with van der Waals surface area (Å²) in [5.41, 5.74) is -1.79. The number of halogens is 7. The van der Waals surface area contributed by atoms with Crippen molar-refractivity contribution in [2.24, 2.45) is 0 Å². The van der Waals surface area contributed by atoms with E-state index in [0.717, 1.165) is 12.1 Å². The number of benzene rings is 1. The first kappa shape index (κ1) is 19.0. The van der Waals surface area contributed by atoms with Crippen molar-refractivity contribution in [2.75, 3.05) is 26.2 Å². The van der Waals surface area contributed by atoms with Gasteiger partial charge in [0.25, 0.3) is 0 Å². The normalized spacial score (nSPS) is 18.6. The molecule has 1 atom stereocenters. The van der Waals surface area contributed by atoms with Gasteiger partial charge >= 0.3 is 12.4 Å². The van der Waals surface area contributed by atoms with Crippen molar-refractivity contribution in [3.63, 3.8) is 0 Å². The lowest BCUT2D eigenvalue weighted by Crippen LogP contribution is -2.45. The second kappa shape index (κ2) is 7.26. The van der Waals surface area contributed by atoms with Gasteiger partial charge < -0.3 is 5.32 Å². The second-order valence-corrected chi connectivity index (χ2v) is 5.66. The highest BCUT2D eigenvalue weighted by atomic mass is 19.4. The summed E-state index contributed by atoms with van der Waals surface area (Å²) < 4.78 is 90.6. The van der Waals surface area contributed by atoms with Gasteiger partial charge in [0.05, 0.1) is 5.56 Å². The lowest BCUT2D eigenvalue weighted by Gasteiger charge is -2.36. The fourth-order valence-electron chi connectivity index (χ4n) is 2.86. The SMILES string of the molecule is Fc1c([C@H](CCC(F)(F)F)N2CCNCC2)cccc1C(F)(F)F. The van der Waals surface area contributed by atoms with Gasteiger partial charge in [-0.2, -0.15) is 26.3 Å². The predicted molar refractivity (Wildman–Crippen MR) is 73.9 cm³/mol. The molecule has 24 heavy (non-hydrogen) atoms. The lowest BCUT2D eigenvalue weighted by molar-refractivity contribution is -0.141. The summed E-state index contributed by atoms with van der Waals surface area (Å²) in [5.74, 6) is -1.49. The number of rotatable bonds is 4. The molecule has 0 aromatic heterocycles. The molecule has 1 aliphatic rings. The molecule has 0 spiro atoms. The van der Waals surface area contributed by atoms with Gasteiger partial charge in [-0.1, -0.05) is 12.1 Å². The van der Waals surface area contributed by atoms with Crippen LogP contribution in [0.3, 0.4) is 0 Å². The Balaban J connectivity index is 2.35. The number of alkyl halides is 6. The molecule has 1 aromatic carbocycles. The Morgan fingerprint density at radius 1 is 1.04 bits per heavy atom. The van der Waals surface area contributed by atoms with Gasteiger partial charge in [0.1, 0.15) is 5.82 Å². The maximum Gasteiger partial charge on any atom is 0.419 e. The summed E-state index contributed by atoms with van der Waals surface area (Å²) in [6.45, 7) is 1.67. The molecule has 136 valence electrons. The van der Waals surface area contributed by atoms with Crippen molar-refractivity contribution in [1.29, 1.82) is 0 Å². The van der Waals surface area contributed by atoms with E-state index in [2.05, 4.69) is 5.32 Å². The topological polar surface area (TPSA) is 15.3 Å². The standard InChI is InChI=1S/C15H17F7N2/c16-13-10(2-1-3-11(13)15(20,21)22)12(4-5-14(17,18)19)24-8-6-23-7-9-24/h1-3,12,23H,4-9H2/t12-/m0/s1. The van der Waals surface area contributed by atoms with Gasteiger partial charge in [-0.15, -0.1) is 0 Å². The van der Waals surface area contributed by atoms with E-state index in [1.807, 2.05) is 0 Å². The Morgan fingerprint density at radius 3 is 2.21 bits per heavy atom. The third kappa shape index (κ3) is 4.83. The molecule has 9 heteroatoms. The van der Waals surface area contributed by atoms with Gasteiger partial charge in [0, 0.05) is 44.2 Å². The molecule has 1 saturated heterocycles. The number of hydrogen-bond acceptors (Lipinski definition) is 2. The van der Waals surface area contributed by atoms with Crippen LogP contribution in [0.4, 0.5) is 30.7 Å². The monoisotopic (exact) mass is 358 g/mol. The van der Waals surface area contributed by atoms with Crippen molar-refractivity contribution in [1.82, 2.24) is 10.2 Å². The summed E-state index contributed by atoms with van der Waals surface area (Å²) in [6.07, 6.45) is -11.0. The molecule has 1 N–H and O–H groups in total. The number of piperazine rings is 1. The molecular weight excluding hydrogens is 341 g/mol. The molecule has 0 aliphatic carbocycles. The van der Waals surface area contributed by atoms with Gasteiger partial charge in [0.15, 0.2) is 0 Å². The Labute approximate surface area is 134 Å². The second-order valence-electron chi connectivity index (χ2n) is 5.66.